The van der Waals surface area contributed by atoms with Crippen LogP contribution in [0.15, 0.2) is 97.6 Å². The summed E-state index contributed by atoms with van der Waals surface area (Å²) in [4.78, 5) is 19.2. The second-order valence-corrected chi connectivity index (χ2v) is 7.48. The highest BCUT2D eigenvalue weighted by molar-refractivity contribution is 5.96. The van der Waals surface area contributed by atoms with E-state index in [1.165, 1.54) is 10.9 Å². The van der Waals surface area contributed by atoms with Crippen LogP contribution in [0.4, 0.5) is 0 Å². The molecule has 1 N–H and O–H groups in total. The molecule has 0 saturated carbocycles. The van der Waals surface area contributed by atoms with E-state index in [9.17, 15) is 4.79 Å². The number of nitrogens with one attached hydrogen (secondary N) is 1. The van der Waals surface area contributed by atoms with Crippen LogP contribution >= 0.6 is 0 Å². The van der Waals surface area contributed by atoms with Gasteiger partial charge in [0.05, 0.1) is 6.04 Å². The fourth-order valence-corrected chi connectivity index (χ4v) is 4.49. The van der Waals surface area contributed by atoms with Crippen LogP contribution in [0.25, 0.3) is 10.9 Å². The molecule has 3 aromatic carbocycles. The number of hydrogen-bond acceptors (Lipinski definition) is 1. The number of H-pyrrole nitrogens is 1. The van der Waals surface area contributed by atoms with E-state index in [0.29, 0.717) is 12.1 Å². The number of para-hydroxylation sites is 1. The first-order valence-corrected chi connectivity index (χ1v) is 9.92. The van der Waals surface area contributed by atoms with Crippen LogP contribution in [0.2, 0.25) is 0 Å². The van der Waals surface area contributed by atoms with Crippen molar-refractivity contribution in [3.8, 4) is 0 Å². The van der Waals surface area contributed by atoms with Crippen LogP contribution in [0.3, 0.4) is 0 Å². The second kappa shape index (κ2) is 7.10. The highest BCUT2D eigenvalue weighted by atomic mass is 16.2. The van der Waals surface area contributed by atoms with Gasteiger partial charge in [-0.05, 0) is 29.3 Å². The predicted octanol–water partition coefficient (Wildman–Crippen LogP) is 5.68. The van der Waals surface area contributed by atoms with Gasteiger partial charge in [-0.3, -0.25) is 4.79 Å². The minimum absolute atomic E-state index is 0.0376. The van der Waals surface area contributed by atoms with Gasteiger partial charge < -0.3 is 9.88 Å². The Labute approximate surface area is 170 Å². The fourth-order valence-electron chi connectivity index (χ4n) is 4.49. The lowest BCUT2D eigenvalue weighted by atomic mass is 9.85. The van der Waals surface area contributed by atoms with Crippen LogP contribution in [0, 0.1) is 0 Å². The van der Waals surface area contributed by atoms with E-state index in [4.69, 9.17) is 0 Å². The van der Waals surface area contributed by atoms with E-state index in [1.807, 2.05) is 65.6 Å². The first kappa shape index (κ1) is 17.5. The van der Waals surface area contributed by atoms with Crippen molar-refractivity contribution in [1.82, 2.24) is 9.88 Å². The summed E-state index contributed by atoms with van der Waals surface area (Å²) in [6, 6.07) is 28.0. The van der Waals surface area contributed by atoms with Crippen LogP contribution in [0.1, 0.15) is 39.1 Å². The average molecular weight is 378 g/mol. The number of hydrogen-bond donors (Lipinski definition) is 1. The summed E-state index contributed by atoms with van der Waals surface area (Å²) in [5.74, 6) is 0.115. The zero-order chi connectivity index (χ0) is 19.8. The van der Waals surface area contributed by atoms with Crippen molar-refractivity contribution < 1.29 is 4.79 Å². The number of amides is 1. The Bertz CT molecular complexity index is 1180. The number of carbonyl (C=O) groups is 1. The number of aromatic nitrogens is 1. The maximum absolute atomic E-state index is 13.5. The van der Waals surface area contributed by atoms with Gasteiger partial charge in [0.15, 0.2) is 0 Å². The molecule has 29 heavy (non-hydrogen) atoms. The molecule has 0 fully saturated rings. The SMILES string of the molecule is C=C[C@H]1CN(C(=O)c2ccccc2)[C@@H](c2ccccc2)c2[nH]c3ccccc3c21. The Kier molecular flexibility index (Phi) is 4.28. The molecule has 1 aromatic heterocycles. The Morgan fingerprint density at radius 3 is 2.31 bits per heavy atom. The van der Waals surface area contributed by atoms with Crippen molar-refractivity contribution in [2.75, 3.05) is 6.54 Å². The second-order valence-electron chi connectivity index (χ2n) is 7.48. The molecule has 0 bridgehead atoms. The third kappa shape index (κ3) is 2.87. The van der Waals surface area contributed by atoms with Crippen molar-refractivity contribution >= 4 is 16.8 Å². The highest BCUT2D eigenvalue weighted by Gasteiger charge is 2.38. The first-order valence-electron chi connectivity index (χ1n) is 9.92. The first-order chi connectivity index (χ1) is 14.3. The van der Waals surface area contributed by atoms with E-state index in [1.54, 1.807) is 0 Å². The molecule has 5 rings (SSSR count). The zero-order valence-electron chi connectivity index (χ0n) is 16.1. The number of nitrogens with zero attached hydrogens (tertiary/aromatic N) is 1. The summed E-state index contributed by atoms with van der Waals surface area (Å²) in [5, 5.41) is 1.21. The molecule has 4 aromatic rings. The van der Waals surface area contributed by atoms with Gasteiger partial charge in [0.1, 0.15) is 0 Å². The molecule has 0 unspecified atom stereocenters. The van der Waals surface area contributed by atoms with Gasteiger partial charge in [-0.15, -0.1) is 6.58 Å². The predicted molar refractivity (Wildman–Crippen MR) is 117 cm³/mol. The van der Waals surface area contributed by atoms with Gasteiger partial charge in [-0.1, -0.05) is 72.8 Å². The van der Waals surface area contributed by atoms with Crippen molar-refractivity contribution in [3.63, 3.8) is 0 Å². The van der Waals surface area contributed by atoms with E-state index >= 15 is 0 Å². The Morgan fingerprint density at radius 2 is 1.59 bits per heavy atom. The molecular formula is C26H22N2O. The van der Waals surface area contributed by atoms with Gasteiger partial charge in [0.2, 0.25) is 0 Å². The molecule has 1 aliphatic heterocycles. The minimum Gasteiger partial charge on any atom is -0.356 e. The van der Waals surface area contributed by atoms with Crippen LogP contribution in [0.5, 0.6) is 0 Å². The molecule has 1 aliphatic rings. The zero-order valence-corrected chi connectivity index (χ0v) is 16.1. The van der Waals surface area contributed by atoms with Crippen molar-refractivity contribution in [2.24, 2.45) is 0 Å². The molecule has 3 heteroatoms. The Hall–Kier alpha value is -3.59. The fraction of sp³-hybridized carbons (Fsp3) is 0.115. The Morgan fingerprint density at radius 1 is 0.931 bits per heavy atom. The van der Waals surface area contributed by atoms with E-state index in [0.717, 1.165) is 16.8 Å². The molecule has 2 heterocycles. The summed E-state index contributed by atoms with van der Waals surface area (Å²) in [6.45, 7) is 4.68. The van der Waals surface area contributed by atoms with Gasteiger partial charge in [0.25, 0.3) is 5.91 Å². The maximum atomic E-state index is 13.5. The largest absolute Gasteiger partial charge is 0.356 e. The molecule has 0 aliphatic carbocycles. The maximum Gasteiger partial charge on any atom is 0.254 e. The quantitative estimate of drug-likeness (QED) is 0.457. The lowest BCUT2D eigenvalue weighted by molar-refractivity contribution is 0.0682. The molecule has 1 amide bonds. The summed E-state index contributed by atoms with van der Waals surface area (Å²) >= 11 is 0. The van der Waals surface area contributed by atoms with Gasteiger partial charge >= 0.3 is 0 Å². The molecule has 142 valence electrons. The van der Waals surface area contributed by atoms with Crippen LogP contribution in [-0.4, -0.2) is 22.3 Å². The minimum atomic E-state index is -0.164. The number of carbonyl (C=O) groups excluding carboxylic acids is 1. The van der Waals surface area contributed by atoms with E-state index in [2.05, 4.69) is 41.9 Å². The standard InChI is InChI=1S/C26H22N2O/c1-2-18-17-28(26(29)20-13-7-4-8-14-20)25(19-11-5-3-6-12-19)24-23(18)21-15-9-10-16-22(21)27-24/h2-16,18,25,27H,1,17H2/t18-,25-/m0/s1. The Balaban J connectivity index is 1.73. The topological polar surface area (TPSA) is 36.1 Å². The van der Waals surface area contributed by atoms with Crippen LogP contribution < -0.4 is 0 Å². The summed E-state index contributed by atoms with van der Waals surface area (Å²) < 4.78 is 0. The molecule has 0 spiro atoms. The summed E-state index contributed by atoms with van der Waals surface area (Å²) in [7, 11) is 0. The average Bonchev–Trinajstić information content (AvgIpc) is 3.18. The van der Waals surface area contributed by atoms with E-state index < -0.39 is 0 Å². The molecule has 2 atom stereocenters. The smallest absolute Gasteiger partial charge is 0.254 e. The van der Waals surface area contributed by atoms with Crippen molar-refractivity contribution in [1.29, 1.82) is 0 Å². The lowest BCUT2D eigenvalue weighted by Gasteiger charge is -2.39. The number of aromatic amines is 1. The summed E-state index contributed by atoms with van der Waals surface area (Å²) in [6.07, 6.45) is 1.96. The third-order valence-electron chi connectivity index (χ3n) is 5.81. The number of fused-ring (bicyclic) bond motifs is 3. The number of benzene rings is 3. The lowest BCUT2D eigenvalue weighted by Crippen LogP contribution is -2.42. The monoisotopic (exact) mass is 378 g/mol. The van der Waals surface area contributed by atoms with Crippen molar-refractivity contribution in [2.45, 2.75) is 12.0 Å². The van der Waals surface area contributed by atoms with Gasteiger partial charge in [0, 0.05) is 34.6 Å². The molecule has 0 radical (unpaired) electrons. The molecule has 3 nitrogen and oxygen atoms in total. The van der Waals surface area contributed by atoms with Gasteiger partial charge in [-0.25, -0.2) is 0 Å². The summed E-state index contributed by atoms with van der Waals surface area (Å²) in [5.41, 5.74) is 5.24. The normalized spacial score (nSPS) is 18.4. The number of rotatable bonds is 3. The third-order valence-corrected chi connectivity index (χ3v) is 5.81. The van der Waals surface area contributed by atoms with Crippen LogP contribution in [-0.2, 0) is 0 Å². The van der Waals surface area contributed by atoms with E-state index in [-0.39, 0.29) is 17.9 Å². The molecule has 0 saturated heterocycles. The van der Waals surface area contributed by atoms with Gasteiger partial charge in [-0.2, -0.15) is 0 Å². The van der Waals surface area contributed by atoms with Crippen molar-refractivity contribution in [3.05, 3.63) is 120 Å². The molecular weight excluding hydrogens is 356 g/mol. The highest BCUT2D eigenvalue weighted by Crippen LogP contribution is 2.44.